The summed E-state index contributed by atoms with van der Waals surface area (Å²) in [5, 5.41) is 18.9. The molecule has 8 heteroatoms. The van der Waals surface area contributed by atoms with Gasteiger partial charge in [0.15, 0.2) is 0 Å². The minimum Gasteiger partial charge on any atom is -0.487 e. The molecule has 0 spiro atoms. The number of carboxylic acid groups (broad SMARTS) is 1. The molecule has 4 rings (SSSR count). The molecule has 0 aromatic heterocycles. The number of carboxylic acids is 1. The van der Waals surface area contributed by atoms with Crippen LogP contribution in [0.15, 0.2) is 65.6 Å². The number of ether oxygens (including phenoxy) is 1. The quantitative estimate of drug-likeness (QED) is 0.371. The van der Waals surface area contributed by atoms with E-state index in [-0.39, 0.29) is 19.1 Å². The molecule has 0 amide bonds. The average molecular weight is 507 g/mol. The van der Waals surface area contributed by atoms with E-state index in [1.807, 2.05) is 45.0 Å². The third kappa shape index (κ3) is 5.25. The average Bonchev–Trinajstić information content (AvgIpc) is 2.92. The number of aliphatic carboxylic acids is 1. The second-order valence-corrected chi connectivity index (χ2v) is 11.2. The van der Waals surface area contributed by atoms with Crippen LogP contribution in [0.2, 0.25) is 0 Å². The zero-order valence-electron chi connectivity index (χ0n) is 20.5. The predicted molar refractivity (Wildman–Crippen MR) is 139 cm³/mol. The topological polar surface area (TPSA) is 114 Å². The molecule has 188 valence electrons. The fraction of sp³-hybridized carbons (Fsp3) is 0.286. The molecule has 3 aromatic rings. The number of carbonyl (C=O) groups is 1. The van der Waals surface area contributed by atoms with Crippen molar-refractivity contribution in [3.63, 3.8) is 0 Å². The van der Waals surface area contributed by atoms with Crippen molar-refractivity contribution in [1.29, 1.82) is 5.26 Å². The van der Waals surface area contributed by atoms with Crippen LogP contribution in [0.3, 0.4) is 0 Å². The fourth-order valence-corrected chi connectivity index (χ4v) is 6.36. The third-order valence-electron chi connectivity index (χ3n) is 6.57. The number of benzene rings is 3. The molecule has 0 saturated carbocycles. The summed E-state index contributed by atoms with van der Waals surface area (Å²) >= 11 is 0. The van der Waals surface area contributed by atoms with Crippen LogP contribution in [0.4, 0.5) is 0 Å². The summed E-state index contributed by atoms with van der Waals surface area (Å²) in [5.74, 6) is -0.868. The van der Waals surface area contributed by atoms with Crippen LogP contribution in [0.1, 0.15) is 52.6 Å². The molecular formula is C28H30N2O5S. The highest BCUT2D eigenvalue weighted by Crippen LogP contribution is 2.57. The maximum atomic E-state index is 11.8. The Balaban J connectivity index is 1.73. The third-order valence-corrected chi connectivity index (χ3v) is 8.49. The van der Waals surface area contributed by atoms with Crippen molar-refractivity contribution in [2.45, 2.75) is 50.7 Å². The molecular weight excluding hydrogens is 476 g/mol. The van der Waals surface area contributed by atoms with E-state index >= 15 is 0 Å². The molecule has 1 aliphatic rings. The van der Waals surface area contributed by atoms with Gasteiger partial charge in [0.2, 0.25) is 0 Å². The SMILES string of the molecule is Cc1ccc(C(CC(=O)O)c2ccc(C#N)cc2C)cc1CN1CC(C)Oc2ccccc2S1(O)O. The van der Waals surface area contributed by atoms with Gasteiger partial charge >= 0.3 is 5.97 Å². The molecule has 1 heterocycles. The van der Waals surface area contributed by atoms with Gasteiger partial charge in [0.25, 0.3) is 0 Å². The minimum absolute atomic E-state index is 0.105. The maximum absolute atomic E-state index is 11.8. The highest BCUT2D eigenvalue weighted by molar-refractivity contribution is 8.22. The lowest BCUT2D eigenvalue weighted by atomic mass is 9.84. The molecule has 3 N–H and O–H groups in total. The zero-order valence-corrected chi connectivity index (χ0v) is 21.3. The Kier molecular flexibility index (Phi) is 7.38. The zero-order chi connectivity index (χ0) is 26.0. The Morgan fingerprint density at radius 3 is 2.58 bits per heavy atom. The van der Waals surface area contributed by atoms with Crippen molar-refractivity contribution >= 4 is 16.7 Å². The first-order valence-electron chi connectivity index (χ1n) is 11.7. The monoisotopic (exact) mass is 506 g/mol. The van der Waals surface area contributed by atoms with E-state index in [4.69, 9.17) is 4.74 Å². The summed E-state index contributed by atoms with van der Waals surface area (Å²) in [7, 11) is -3.30. The van der Waals surface area contributed by atoms with Crippen molar-refractivity contribution in [3.8, 4) is 11.8 Å². The van der Waals surface area contributed by atoms with Gasteiger partial charge in [0.05, 0.1) is 24.6 Å². The van der Waals surface area contributed by atoms with Crippen molar-refractivity contribution < 1.29 is 23.7 Å². The number of nitriles is 1. The highest BCUT2D eigenvalue weighted by Gasteiger charge is 2.34. The lowest BCUT2D eigenvalue weighted by Crippen LogP contribution is -2.33. The Hall–Kier alpha value is -3.35. The number of hydrogen-bond acceptors (Lipinski definition) is 6. The van der Waals surface area contributed by atoms with Gasteiger partial charge in [-0.25, -0.2) is 0 Å². The summed E-state index contributed by atoms with van der Waals surface area (Å²) < 4.78 is 30.2. The van der Waals surface area contributed by atoms with Crippen LogP contribution in [0.5, 0.6) is 5.75 Å². The maximum Gasteiger partial charge on any atom is 0.304 e. The van der Waals surface area contributed by atoms with E-state index in [9.17, 15) is 24.3 Å². The van der Waals surface area contributed by atoms with Crippen molar-refractivity contribution in [3.05, 3.63) is 94.0 Å². The number of para-hydroxylation sites is 1. The number of rotatable bonds is 6. The van der Waals surface area contributed by atoms with Gasteiger partial charge in [-0.3, -0.25) is 13.9 Å². The first-order chi connectivity index (χ1) is 17.1. The Labute approximate surface area is 213 Å². The van der Waals surface area contributed by atoms with Crippen LogP contribution < -0.4 is 4.74 Å². The Morgan fingerprint density at radius 1 is 1.14 bits per heavy atom. The van der Waals surface area contributed by atoms with E-state index in [0.29, 0.717) is 22.8 Å². The second kappa shape index (κ2) is 10.3. The van der Waals surface area contributed by atoms with Gasteiger partial charge in [-0.15, -0.1) is 10.8 Å². The Morgan fingerprint density at radius 2 is 1.89 bits per heavy atom. The van der Waals surface area contributed by atoms with Crippen LogP contribution in [-0.4, -0.2) is 37.1 Å². The highest BCUT2D eigenvalue weighted by atomic mass is 32.3. The molecule has 7 nitrogen and oxygen atoms in total. The molecule has 36 heavy (non-hydrogen) atoms. The molecule has 2 atom stereocenters. The van der Waals surface area contributed by atoms with Crippen molar-refractivity contribution in [2.75, 3.05) is 6.54 Å². The lowest BCUT2D eigenvalue weighted by molar-refractivity contribution is -0.137. The largest absolute Gasteiger partial charge is 0.487 e. The van der Waals surface area contributed by atoms with Gasteiger partial charge in [-0.05, 0) is 72.9 Å². The minimum atomic E-state index is -3.30. The molecule has 3 aromatic carbocycles. The smallest absolute Gasteiger partial charge is 0.304 e. The number of fused-ring (bicyclic) bond motifs is 1. The van der Waals surface area contributed by atoms with Gasteiger partial charge in [-0.2, -0.15) is 9.57 Å². The Bertz CT molecular complexity index is 1330. The normalized spacial score (nSPS) is 18.7. The molecule has 0 saturated heterocycles. The van der Waals surface area contributed by atoms with Gasteiger partial charge in [-0.1, -0.05) is 36.4 Å². The second-order valence-electron chi connectivity index (χ2n) is 9.24. The summed E-state index contributed by atoms with van der Waals surface area (Å²) in [4.78, 5) is 12.2. The number of hydrogen-bond donors (Lipinski definition) is 3. The van der Waals surface area contributed by atoms with E-state index in [1.165, 1.54) is 0 Å². The first-order valence-corrected chi connectivity index (χ1v) is 13.2. The van der Waals surface area contributed by atoms with E-state index in [2.05, 4.69) is 6.07 Å². The van der Waals surface area contributed by atoms with E-state index in [1.54, 1.807) is 40.7 Å². The van der Waals surface area contributed by atoms with Crippen LogP contribution >= 0.6 is 10.8 Å². The molecule has 0 bridgehead atoms. The van der Waals surface area contributed by atoms with E-state index in [0.717, 1.165) is 27.8 Å². The van der Waals surface area contributed by atoms with Gasteiger partial charge < -0.3 is 9.84 Å². The summed E-state index contributed by atoms with van der Waals surface area (Å²) in [6.07, 6.45) is -0.365. The van der Waals surface area contributed by atoms with Crippen LogP contribution in [0.25, 0.3) is 0 Å². The number of nitrogens with zero attached hydrogens (tertiary/aromatic N) is 2. The molecule has 0 aliphatic carbocycles. The fourth-order valence-electron chi connectivity index (χ4n) is 4.70. The van der Waals surface area contributed by atoms with E-state index < -0.39 is 22.7 Å². The van der Waals surface area contributed by atoms with Gasteiger partial charge in [0, 0.05) is 12.5 Å². The van der Waals surface area contributed by atoms with Crippen LogP contribution in [0, 0.1) is 25.2 Å². The molecule has 1 aliphatic heterocycles. The predicted octanol–water partition coefficient (Wildman–Crippen LogP) is 6.09. The van der Waals surface area contributed by atoms with Crippen LogP contribution in [-0.2, 0) is 11.3 Å². The number of aryl methyl sites for hydroxylation is 2. The van der Waals surface area contributed by atoms with Crippen molar-refractivity contribution in [1.82, 2.24) is 4.31 Å². The summed E-state index contributed by atoms with van der Waals surface area (Å²) in [5.41, 5.74) is 4.89. The molecule has 0 fully saturated rings. The molecule has 2 unspecified atom stereocenters. The van der Waals surface area contributed by atoms with Crippen molar-refractivity contribution in [2.24, 2.45) is 0 Å². The van der Waals surface area contributed by atoms with Gasteiger partial charge in [0.1, 0.15) is 16.7 Å². The first kappa shape index (κ1) is 25.7. The standard InChI is InChI=1S/C28H30N2O5S/c1-18-8-10-22(25(14-28(31)32)24-11-9-21(15-29)12-19(24)2)13-23(18)17-30-16-20(3)35-26-6-4-5-7-27(26)36(30,33)34/h4-13,20,25,33-34H,14,16-17H2,1-3H3,(H,31,32). The summed E-state index contributed by atoms with van der Waals surface area (Å²) in [6.45, 7) is 6.30. The molecule has 0 radical (unpaired) electrons. The summed E-state index contributed by atoms with van der Waals surface area (Å²) in [6, 6.07) is 20.2. The lowest BCUT2D eigenvalue weighted by Gasteiger charge is -2.42.